The van der Waals surface area contributed by atoms with Gasteiger partial charge in [0.1, 0.15) is 0 Å². The van der Waals surface area contributed by atoms with Crippen molar-refractivity contribution in [3.8, 4) is 0 Å². The van der Waals surface area contributed by atoms with Crippen LogP contribution in [0.5, 0.6) is 0 Å². The van der Waals surface area contributed by atoms with Crippen molar-refractivity contribution in [3.63, 3.8) is 0 Å². The van der Waals surface area contributed by atoms with Crippen molar-refractivity contribution in [2.24, 2.45) is 5.92 Å². The molecular weight excluding hydrogens is 132 g/mol. The lowest BCUT2D eigenvalue weighted by Crippen LogP contribution is -1.80. The van der Waals surface area contributed by atoms with Crippen LogP contribution in [0.25, 0.3) is 0 Å². The van der Waals surface area contributed by atoms with E-state index in [1.54, 1.807) is 0 Å². The summed E-state index contributed by atoms with van der Waals surface area (Å²) in [4.78, 5) is 0. The third-order valence-corrected chi connectivity index (χ3v) is 1.23. The molecule has 0 aromatic heterocycles. The van der Waals surface area contributed by atoms with Crippen molar-refractivity contribution in [3.05, 3.63) is 12.2 Å². The monoisotopic (exact) mass is 156 g/mol. The molecule has 68 valence electrons. The first-order valence-corrected chi connectivity index (χ1v) is 4.92. The molecule has 0 atom stereocenters. The van der Waals surface area contributed by atoms with E-state index in [1.165, 1.54) is 19.3 Å². The third-order valence-electron chi connectivity index (χ3n) is 1.23. The van der Waals surface area contributed by atoms with Gasteiger partial charge in [0.05, 0.1) is 0 Å². The number of rotatable bonds is 4. The van der Waals surface area contributed by atoms with Gasteiger partial charge >= 0.3 is 0 Å². The van der Waals surface area contributed by atoms with Gasteiger partial charge in [-0.25, -0.2) is 0 Å². The maximum Gasteiger partial charge on any atom is -0.0327 e. The van der Waals surface area contributed by atoms with Gasteiger partial charge in [0, 0.05) is 0 Å². The third kappa shape index (κ3) is 17.7. The van der Waals surface area contributed by atoms with E-state index in [1.807, 2.05) is 13.8 Å². The molecule has 0 nitrogen and oxygen atoms in total. The van der Waals surface area contributed by atoms with Crippen LogP contribution in [0.4, 0.5) is 0 Å². The summed E-state index contributed by atoms with van der Waals surface area (Å²) in [5.74, 6) is 0.818. The lowest BCUT2D eigenvalue weighted by Gasteiger charge is -1.95. The molecule has 0 aliphatic heterocycles. The molecule has 0 saturated heterocycles. The minimum Gasteiger partial charge on any atom is -0.0885 e. The van der Waals surface area contributed by atoms with Gasteiger partial charge in [-0.05, 0) is 18.8 Å². The molecule has 0 aromatic carbocycles. The fourth-order valence-electron chi connectivity index (χ4n) is 0.653. The molecule has 0 fully saturated rings. The minimum atomic E-state index is 0.818. The Hall–Kier alpha value is -0.260. The molecule has 0 aliphatic carbocycles. The Kier molecular flexibility index (Phi) is 15.1. The summed E-state index contributed by atoms with van der Waals surface area (Å²) in [7, 11) is 0. The Morgan fingerprint density at radius 2 is 1.64 bits per heavy atom. The van der Waals surface area contributed by atoms with E-state index in [4.69, 9.17) is 0 Å². The molecule has 0 aliphatic rings. The average Bonchev–Trinajstić information content (AvgIpc) is 2.02. The van der Waals surface area contributed by atoms with Crippen LogP contribution in [0.2, 0.25) is 0 Å². The van der Waals surface area contributed by atoms with Crippen molar-refractivity contribution in [2.75, 3.05) is 0 Å². The van der Waals surface area contributed by atoms with E-state index in [0.717, 1.165) is 5.92 Å². The summed E-state index contributed by atoms with van der Waals surface area (Å²) >= 11 is 0. The maximum atomic E-state index is 2.29. The van der Waals surface area contributed by atoms with Crippen molar-refractivity contribution in [1.29, 1.82) is 0 Å². The molecule has 0 aromatic rings. The summed E-state index contributed by atoms with van der Waals surface area (Å²) in [5.41, 5.74) is 0. The first kappa shape index (κ1) is 13.3. The Morgan fingerprint density at radius 3 is 2.00 bits per heavy atom. The summed E-state index contributed by atoms with van der Waals surface area (Å²) < 4.78 is 0. The highest BCUT2D eigenvalue weighted by atomic mass is 13.9. The lowest BCUT2D eigenvalue weighted by atomic mass is 10.1. The van der Waals surface area contributed by atoms with Crippen LogP contribution in [-0.2, 0) is 0 Å². The van der Waals surface area contributed by atoms with Crippen LogP contribution in [0.1, 0.15) is 53.9 Å². The van der Waals surface area contributed by atoms with E-state index in [0.29, 0.717) is 0 Å². The zero-order valence-corrected chi connectivity index (χ0v) is 8.85. The summed E-state index contributed by atoms with van der Waals surface area (Å²) in [6.45, 7) is 10.7. The van der Waals surface area contributed by atoms with Crippen LogP contribution >= 0.6 is 0 Å². The second-order valence-electron chi connectivity index (χ2n) is 2.89. The molecule has 0 rings (SSSR count). The van der Waals surface area contributed by atoms with Gasteiger partial charge in [0.15, 0.2) is 0 Å². The number of allylic oxidation sites excluding steroid dienone is 2. The normalized spacial score (nSPS) is 10.0. The molecule has 0 radical (unpaired) electrons. The van der Waals surface area contributed by atoms with Crippen LogP contribution in [0, 0.1) is 5.92 Å². The topological polar surface area (TPSA) is 0 Å². The predicted octanol–water partition coefficient (Wildman–Crippen LogP) is 4.42. The van der Waals surface area contributed by atoms with Crippen molar-refractivity contribution >= 4 is 0 Å². The molecule has 0 saturated carbocycles. The number of hydrogen-bond acceptors (Lipinski definition) is 0. The zero-order chi connectivity index (χ0) is 9.11. The zero-order valence-electron chi connectivity index (χ0n) is 8.85. The molecule has 0 N–H and O–H groups in total. The second-order valence-corrected chi connectivity index (χ2v) is 2.89. The first-order chi connectivity index (χ1) is 5.27. The molecule has 0 heteroatoms. The number of hydrogen-bond donors (Lipinski definition) is 0. The predicted molar refractivity (Wildman–Crippen MR) is 54.9 cm³/mol. The second kappa shape index (κ2) is 12.4. The summed E-state index contributed by atoms with van der Waals surface area (Å²) in [6.07, 6.45) is 8.31. The highest BCUT2D eigenvalue weighted by molar-refractivity contribution is 4.81. The number of unbranched alkanes of at least 4 members (excludes halogenated alkanes) is 1. The highest BCUT2D eigenvalue weighted by Gasteiger charge is 1.85. The van der Waals surface area contributed by atoms with Crippen LogP contribution in [0.3, 0.4) is 0 Å². The van der Waals surface area contributed by atoms with Gasteiger partial charge in [-0.3, -0.25) is 0 Å². The Balaban J connectivity index is 0. The quantitative estimate of drug-likeness (QED) is 0.529. The SMILES string of the molecule is CC.CCC/C=C\CC(C)C. The Morgan fingerprint density at radius 1 is 1.09 bits per heavy atom. The van der Waals surface area contributed by atoms with E-state index in [9.17, 15) is 0 Å². The van der Waals surface area contributed by atoms with Crippen molar-refractivity contribution in [1.82, 2.24) is 0 Å². The fourth-order valence-corrected chi connectivity index (χ4v) is 0.653. The van der Waals surface area contributed by atoms with Crippen molar-refractivity contribution < 1.29 is 0 Å². The summed E-state index contributed by atoms with van der Waals surface area (Å²) in [6, 6.07) is 0. The van der Waals surface area contributed by atoms with Crippen LogP contribution in [0.15, 0.2) is 12.2 Å². The largest absolute Gasteiger partial charge is 0.0885 e. The Bertz CT molecular complexity index is 70.1. The van der Waals surface area contributed by atoms with Gasteiger partial charge in [-0.2, -0.15) is 0 Å². The maximum absolute atomic E-state index is 2.29. The molecule has 0 bridgehead atoms. The molecular formula is C11H24. The van der Waals surface area contributed by atoms with Gasteiger partial charge in [0.2, 0.25) is 0 Å². The fraction of sp³-hybridized carbons (Fsp3) is 0.818. The average molecular weight is 156 g/mol. The van der Waals surface area contributed by atoms with E-state index < -0.39 is 0 Å². The lowest BCUT2D eigenvalue weighted by molar-refractivity contribution is 0.662. The van der Waals surface area contributed by atoms with E-state index in [-0.39, 0.29) is 0 Å². The molecule has 0 heterocycles. The Labute approximate surface area is 72.7 Å². The van der Waals surface area contributed by atoms with Crippen molar-refractivity contribution in [2.45, 2.75) is 53.9 Å². The van der Waals surface area contributed by atoms with Gasteiger partial charge in [-0.15, -0.1) is 0 Å². The van der Waals surface area contributed by atoms with Crippen LogP contribution in [-0.4, -0.2) is 0 Å². The van der Waals surface area contributed by atoms with Gasteiger partial charge < -0.3 is 0 Å². The molecule has 11 heavy (non-hydrogen) atoms. The molecule has 0 unspecified atom stereocenters. The smallest absolute Gasteiger partial charge is 0.0327 e. The summed E-state index contributed by atoms with van der Waals surface area (Å²) in [5, 5.41) is 0. The first-order valence-electron chi connectivity index (χ1n) is 4.92. The standard InChI is InChI=1S/C9H18.C2H6/c1-4-5-6-7-8-9(2)3;1-2/h6-7,9H,4-5,8H2,1-3H3;1-2H3/b7-6-;. The molecule has 0 amide bonds. The van der Waals surface area contributed by atoms with Crippen LogP contribution < -0.4 is 0 Å². The van der Waals surface area contributed by atoms with E-state index >= 15 is 0 Å². The van der Waals surface area contributed by atoms with Gasteiger partial charge in [0.25, 0.3) is 0 Å². The highest BCUT2D eigenvalue weighted by Crippen LogP contribution is 2.00. The van der Waals surface area contributed by atoms with E-state index in [2.05, 4.69) is 32.9 Å². The minimum absolute atomic E-state index is 0.818. The molecule has 0 spiro atoms. The van der Waals surface area contributed by atoms with Gasteiger partial charge in [-0.1, -0.05) is 53.2 Å².